The first-order chi connectivity index (χ1) is 9.17. The molecule has 2 N–H and O–H groups in total. The Morgan fingerprint density at radius 3 is 2.58 bits per heavy atom. The standard InChI is InChI=1S/C15H12O4/c1-18-11-3-4-12(13(17)8-11)15-7-9-6-10(16)2-5-14(9)19-15/h2-8,16-17H,1H3. The Morgan fingerprint density at radius 1 is 1.00 bits per heavy atom. The quantitative estimate of drug-likeness (QED) is 0.736. The topological polar surface area (TPSA) is 62.8 Å². The van der Waals surface area contributed by atoms with Crippen molar-refractivity contribution in [2.24, 2.45) is 0 Å². The second kappa shape index (κ2) is 4.24. The van der Waals surface area contributed by atoms with Crippen molar-refractivity contribution in [1.29, 1.82) is 0 Å². The summed E-state index contributed by atoms with van der Waals surface area (Å²) in [7, 11) is 1.54. The van der Waals surface area contributed by atoms with Crippen molar-refractivity contribution in [1.82, 2.24) is 0 Å². The molecule has 0 aliphatic rings. The van der Waals surface area contributed by atoms with Crippen LogP contribution >= 0.6 is 0 Å². The molecule has 0 bridgehead atoms. The number of hydrogen-bond acceptors (Lipinski definition) is 4. The van der Waals surface area contributed by atoms with Gasteiger partial charge in [0.25, 0.3) is 0 Å². The molecule has 0 saturated carbocycles. The van der Waals surface area contributed by atoms with E-state index in [0.29, 0.717) is 22.7 Å². The van der Waals surface area contributed by atoms with E-state index in [0.717, 1.165) is 5.39 Å². The molecule has 0 aliphatic carbocycles. The van der Waals surface area contributed by atoms with Crippen molar-refractivity contribution < 1.29 is 19.4 Å². The van der Waals surface area contributed by atoms with Crippen LogP contribution < -0.4 is 4.74 Å². The van der Waals surface area contributed by atoms with Crippen LogP contribution in [0.2, 0.25) is 0 Å². The molecule has 0 amide bonds. The summed E-state index contributed by atoms with van der Waals surface area (Å²) in [4.78, 5) is 0. The van der Waals surface area contributed by atoms with E-state index in [1.807, 2.05) is 0 Å². The van der Waals surface area contributed by atoms with Crippen LogP contribution in [0.5, 0.6) is 17.2 Å². The minimum Gasteiger partial charge on any atom is -0.508 e. The molecule has 0 unspecified atom stereocenters. The Balaban J connectivity index is 2.13. The van der Waals surface area contributed by atoms with Crippen molar-refractivity contribution >= 4 is 11.0 Å². The number of furan rings is 1. The number of methoxy groups -OCH3 is 1. The van der Waals surface area contributed by atoms with Gasteiger partial charge in [-0.3, -0.25) is 0 Å². The lowest BCUT2D eigenvalue weighted by Gasteiger charge is -2.04. The van der Waals surface area contributed by atoms with Crippen LogP contribution in [-0.4, -0.2) is 17.3 Å². The van der Waals surface area contributed by atoms with Gasteiger partial charge in [0.2, 0.25) is 0 Å². The highest BCUT2D eigenvalue weighted by Gasteiger charge is 2.11. The fourth-order valence-electron chi connectivity index (χ4n) is 2.01. The first-order valence-corrected chi connectivity index (χ1v) is 5.77. The average molecular weight is 256 g/mol. The lowest BCUT2D eigenvalue weighted by atomic mass is 10.1. The molecule has 1 aromatic heterocycles. The molecule has 96 valence electrons. The van der Waals surface area contributed by atoms with Crippen LogP contribution in [-0.2, 0) is 0 Å². The third-order valence-corrected chi connectivity index (χ3v) is 2.97. The number of benzene rings is 2. The molecule has 2 aromatic carbocycles. The smallest absolute Gasteiger partial charge is 0.139 e. The first kappa shape index (κ1) is 11.5. The fourth-order valence-corrected chi connectivity index (χ4v) is 2.01. The molecule has 0 aliphatic heterocycles. The predicted octanol–water partition coefficient (Wildman–Crippen LogP) is 3.52. The minimum atomic E-state index is 0.0858. The van der Waals surface area contributed by atoms with Crippen LogP contribution in [0.25, 0.3) is 22.3 Å². The van der Waals surface area contributed by atoms with E-state index in [1.165, 1.54) is 6.07 Å². The number of phenols is 2. The van der Waals surface area contributed by atoms with E-state index >= 15 is 0 Å². The summed E-state index contributed by atoms with van der Waals surface area (Å²) >= 11 is 0. The summed E-state index contributed by atoms with van der Waals surface area (Å²) in [6.07, 6.45) is 0. The molecule has 0 saturated heterocycles. The highest BCUT2D eigenvalue weighted by molar-refractivity contribution is 5.85. The van der Waals surface area contributed by atoms with Gasteiger partial charge in [-0.2, -0.15) is 0 Å². The van der Waals surface area contributed by atoms with E-state index in [-0.39, 0.29) is 11.5 Å². The van der Waals surface area contributed by atoms with Gasteiger partial charge in [-0.25, -0.2) is 0 Å². The molecule has 19 heavy (non-hydrogen) atoms. The van der Waals surface area contributed by atoms with Crippen molar-refractivity contribution in [2.75, 3.05) is 7.11 Å². The Morgan fingerprint density at radius 2 is 1.84 bits per heavy atom. The molecule has 3 rings (SSSR count). The third-order valence-electron chi connectivity index (χ3n) is 2.97. The highest BCUT2D eigenvalue weighted by atomic mass is 16.5. The zero-order chi connectivity index (χ0) is 13.4. The molecule has 3 aromatic rings. The monoisotopic (exact) mass is 256 g/mol. The van der Waals surface area contributed by atoms with Crippen LogP contribution in [0.1, 0.15) is 0 Å². The number of fused-ring (bicyclic) bond motifs is 1. The summed E-state index contributed by atoms with van der Waals surface area (Å²) in [5.74, 6) is 1.39. The van der Waals surface area contributed by atoms with Crippen LogP contribution in [0.3, 0.4) is 0 Å². The molecule has 0 spiro atoms. The summed E-state index contributed by atoms with van der Waals surface area (Å²) in [6.45, 7) is 0. The van der Waals surface area contributed by atoms with Crippen molar-refractivity contribution in [3.63, 3.8) is 0 Å². The van der Waals surface area contributed by atoms with E-state index in [9.17, 15) is 10.2 Å². The maximum atomic E-state index is 9.97. The van der Waals surface area contributed by atoms with Crippen LogP contribution in [0.15, 0.2) is 46.9 Å². The fraction of sp³-hybridized carbons (Fsp3) is 0.0667. The van der Waals surface area contributed by atoms with Gasteiger partial charge in [0.05, 0.1) is 12.7 Å². The van der Waals surface area contributed by atoms with E-state index < -0.39 is 0 Å². The lowest BCUT2D eigenvalue weighted by molar-refractivity contribution is 0.408. The number of ether oxygens (including phenoxy) is 1. The summed E-state index contributed by atoms with van der Waals surface area (Å²) in [5.41, 5.74) is 1.24. The van der Waals surface area contributed by atoms with E-state index in [2.05, 4.69) is 0 Å². The van der Waals surface area contributed by atoms with Gasteiger partial charge < -0.3 is 19.4 Å². The van der Waals surface area contributed by atoms with Gasteiger partial charge in [-0.1, -0.05) is 0 Å². The molecule has 4 nitrogen and oxygen atoms in total. The van der Waals surface area contributed by atoms with Crippen molar-refractivity contribution in [3.8, 4) is 28.6 Å². The number of phenolic OH excluding ortho intramolecular Hbond substituents is 2. The summed E-state index contributed by atoms with van der Waals surface area (Å²) < 4.78 is 10.7. The minimum absolute atomic E-state index is 0.0858. The lowest BCUT2D eigenvalue weighted by Crippen LogP contribution is -1.83. The SMILES string of the molecule is COc1ccc(-c2cc3cc(O)ccc3o2)c(O)c1. The van der Waals surface area contributed by atoms with E-state index in [4.69, 9.17) is 9.15 Å². The average Bonchev–Trinajstić information content (AvgIpc) is 2.81. The van der Waals surface area contributed by atoms with Crippen molar-refractivity contribution in [2.45, 2.75) is 0 Å². The Kier molecular flexibility index (Phi) is 2.56. The zero-order valence-electron chi connectivity index (χ0n) is 10.3. The largest absolute Gasteiger partial charge is 0.508 e. The third kappa shape index (κ3) is 1.97. The molecule has 0 atom stereocenters. The van der Waals surface area contributed by atoms with E-state index in [1.54, 1.807) is 43.5 Å². The first-order valence-electron chi connectivity index (χ1n) is 5.77. The zero-order valence-corrected chi connectivity index (χ0v) is 10.3. The highest BCUT2D eigenvalue weighted by Crippen LogP contribution is 2.36. The molecule has 0 fully saturated rings. The van der Waals surface area contributed by atoms with Gasteiger partial charge in [0.15, 0.2) is 0 Å². The maximum absolute atomic E-state index is 9.97. The Bertz CT molecular complexity index is 743. The number of hydrogen-bond donors (Lipinski definition) is 2. The number of aromatic hydroxyl groups is 2. The van der Waals surface area contributed by atoms with Crippen LogP contribution in [0, 0.1) is 0 Å². The number of rotatable bonds is 2. The Labute approximate surface area is 109 Å². The van der Waals surface area contributed by atoms with Crippen LogP contribution in [0.4, 0.5) is 0 Å². The summed E-state index contributed by atoms with van der Waals surface area (Å²) in [5, 5.41) is 20.2. The predicted molar refractivity (Wildman–Crippen MR) is 71.5 cm³/mol. The molecule has 0 radical (unpaired) electrons. The van der Waals surface area contributed by atoms with Crippen molar-refractivity contribution in [3.05, 3.63) is 42.5 Å². The molecular weight excluding hydrogens is 244 g/mol. The second-order valence-corrected chi connectivity index (χ2v) is 4.22. The normalized spacial score (nSPS) is 10.8. The second-order valence-electron chi connectivity index (χ2n) is 4.22. The molecule has 1 heterocycles. The Hall–Kier alpha value is -2.62. The maximum Gasteiger partial charge on any atom is 0.139 e. The van der Waals surface area contributed by atoms with Gasteiger partial charge in [-0.05, 0) is 36.4 Å². The summed E-state index contributed by atoms with van der Waals surface area (Å²) in [6, 6.07) is 11.6. The van der Waals surface area contributed by atoms with Gasteiger partial charge in [-0.15, -0.1) is 0 Å². The molecule has 4 heteroatoms. The van der Waals surface area contributed by atoms with Gasteiger partial charge in [0.1, 0.15) is 28.6 Å². The molecular formula is C15H12O4. The van der Waals surface area contributed by atoms with Gasteiger partial charge in [0, 0.05) is 11.5 Å². The van der Waals surface area contributed by atoms with Gasteiger partial charge >= 0.3 is 0 Å².